The molecule has 0 radical (unpaired) electrons. The highest BCUT2D eigenvalue weighted by atomic mass is 35.5. The number of nitrogens with one attached hydrogen (secondary N) is 1. The standard InChI is InChI=1S/C26H27ClN4O4/c1-19-23(26(27)31(29-19)17-20-5-3-2-4-6-20)11-12-25(33)35-18-24(32)28-21-7-9-22(10-8-21)30-13-15-34-16-14-30/h2-12H,13-18H2,1H3,(H,28,32)/b12-11+. The van der Waals surface area contributed by atoms with Crippen LogP contribution in [0.4, 0.5) is 11.4 Å². The molecule has 9 heteroatoms. The smallest absolute Gasteiger partial charge is 0.331 e. The van der Waals surface area contributed by atoms with Gasteiger partial charge in [-0.25, -0.2) is 9.48 Å². The van der Waals surface area contributed by atoms with E-state index in [2.05, 4.69) is 15.3 Å². The summed E-state index contributed by atoms with van der Waals surface area (Å²) in [5.74, 6) is -1.06. The van der Waals surface area contributed by atoms with E-state index in [1.165, 1.54) is 6.08 Å². The van der Waals surface area contributed by atoms with Gasteiger partial charge in [-0.1, -0.05) is 41.9 Å². The van der Waals surface area contributed by atoms with Gasteiger partial charge in [-0.15, -0.1) is 0 Å². The van der Waals surface area contributed by atoms with E-state index in [1.54, 1.807) is 10.8 Å². The molecule has 0 atom stereocenters. The second-order valence-electron chi connectivity index (χ2n) is 8.07. The molecule has 35 heavy (non-hydrogen) atoms. The van der Waals surface area contributed by atoms with Crippen molar-refractivity contribution in [1.82, 2.24) is 9.78 Å². The van der Waals surface area contributed by atoms with Crippen molar-refractivity contribution < 1.29 is 19.1 Å². The van der Waals surface area contributed by atoms with Crippen LogP contribution in [0.2, 0.25) is 5.15 Å². The molecule has 2 aromatic carbocycles. The van der Waals surface area contributed by atoms with Crippen molar-refractivity contribution in [2.75, 3.05) is 43.1 Å². The van der Waals surface area contributed by atoms with Crippen molar-refractivity contribution in [3.05, 3.63) is 82.6 Å². The SMILES string of the molecule is Cc1nn(Cc2ccccc2)c(Cl)c1/C=C/C(=O)OCC(=O)Nc1ccc(N2CCOCC2)cc1. The number of morpholine rings is 1. The van der Waals surface area contributed by atoms with Gasteiger partial charge in [-0.2, -0.15) is 5.10 Å². The van der Waals surface area contributed by atoms with Crippen LogP contribution in [0, 0.1) is 6.92 Å². The molecule has 0 spiro atoms. The molecule has 2 heterocycles. The van der Waals surface area contributed by atoms with E-state index in [9.17, 15) is 9.59 Å². The molecule has 0 unspecified atom stereocenters. The lowest BCUT2D eigenvalue weighted by Gasteiger charge is -2.28. The van der Waals surface area contributed by atoms with Crippen molar-refractivity contribution in [2.24, 2.45) is 0 Å². The Balaban J connectivity index is 1.26. The van der Waals surface area contributed by atoms with Crippen molar-refractivity contribution in [2.45, 2.75) is 13.5 Å². The second kappa shape index (κ2) is 11.7. The van der Waals surface area contributed by atoms with Gasteiger partial charge in [0.05, 0.1) is 25.5 Å². The van der Waals surface area contributed by atoms with Gasteiger partial charge in [0.2, 0.25) is 0 Å². The molecule has 8 nitrogen and oxygen atoms in total. The van der Waals surface area contributed by atoms with E-state index >= 15 is 0 Å². The quantitative estimate of drug-likeness (QED) is 0.377. The Morgan fingerprint density at radius 2 is 1.83 bits per heavy atom. The zero-order valence-electron chi connectivity index (χ0n) is 19.4. The fourth-order valence-electron chi connectivity index (χ4n) is 3.73. The zero-order valence-corrected chi connectivity index (χ0v) is 20.2. The number of amides is 1. The minimum Gasteiger partial charge on any atom is -0.452 e. The van der Waals surface area contributed by atoms with E-state index in [1.807, 2.05) is 61.5 Å². The zero-order chi connectivity index (χ0) is 24.6. The number of carbonyl (C=O) groups excluding carboxylic acids is 2. The number of rotatable bonds is 8. The summed E-state index contributed by atoms with van der Waals surface area (Å²) in [7, 11) is 0. The van der Waals surface area contributed by atoms with Gasteiger partial charge in [-0.05, 0) is 42.8 Å². The molecule has 0 bridgehead atoms. The number of aromatic nitrogens is 2. The first-order valence-corrected chi connectivity index (χ1v) is 11.7. The van der Waals surface area contributed by atoms with E-state index in [4.69, 9.17) is 21.1 Å². The molecule has 1 fully saturated rings. The van der Waals surface area contributed by atoms with Gasteiger partial charge in [-0.3, -0.25) is 4.79 Å². The molecule has 4 rings (SSSR count). The van der Waals surface area contributed by atoms with Gasteiger partial charge in [0.1, 0.15) is 5.15 Å². The van der Waals surface area contributed by atoms with Crippen LogP contribution >= 0.6 is 11.6 Å². The molecule has 0 saturated carbocycles. The fraction of sp³-hybridized carbons (Fsp3) is 0.269. The highest BCUT2D eigenvalue weighted by Gasteiger charge is 2.13. The number of aryl methyl sites for hydroxylation is 1. The van der Waals surface area contributed by atoms with Crippen LogP contribution in [-0.4, -0.2) is 54.6 Å². The van der Waals surface area contributed by atoms with Crippen LogP contribution < -0.4 is 10.2 Å². The topological polar surface area (TPSA) is 85.7 Å². The van der Waals surface area contributed by atoms with E-state index in [0.717, 1.165) is 24.3 Å². The van der Waals surface area contributed by atoms with Crippen LogP contribution in [0.3, 0.4) is 0 Å². The van der Waals surface area contributed by atoms with E-state index < -0.39 is 18.5 Å². The predicted molar refractivity (Wildman–Crippen MR) is 136 cm³/mol. The Morgan fingerprint density at radius 1 is 1.11 bits per heavy atom. The number of anilines is 2. The fourth-order valence-corrected chi connectivity index (χ4v) is 4.03. The third kappa shape index (κ3) is 6.71. The summed E-state index contributed by atoms with van der Waals surface area (Å²) in [6, 6.07) is 17.4. The molecule has 1 aromatic heterocycles. The first kappa shape index (κ1) is 24.5. The molecule has 3 aromatic rings. The average molecular weight is 495 g/mol. The molecule has 1 aliphatic rings. The maximum atomic E-state index is 12.2. The summed E-state index contributed by atoms with van der Waals surface area (Å²) in [4.78, 5) is 26.6. The van der Waals surface area contributed by atoms with Gasteiger partial charge < -0.3 is 19.7 Å². The Bertz CT molecular complexity index is 1190. The lowest BCUT2D eigenvalue weighted by Crippen LogP contribution is -2.36. The van der Waals surface area contributed by atoms with E-state index in [0.29, 0.717) is 41.9 Å². The van der Waals surface area contributed by atoms with Crippen LogP contribution in [-0.2, 0) is 25.6 Å². The van der Waals surface area contributed by atoms with Crippen LogP contribution in [0.25, 0.3) is 6.08 Å². The van der Waals surface area contributed by atoms with Crippen molar-refractivity contribution in [3.63, 3.8) is 0 Å². The van der Waals surface area contributed by atoms with Gasteiger partial charge in [0.15, 0.2) is 6.61 Å². The van der Waals surface area contributed by atoms with Gasteiger partial charge in [0.25, 0.3) is 5.91 Å². The Morgan fingerprint density at radius 3 is 2.54 bits per heavy atom. The van der Waals surface area contributed by atoms with E-state index in [-0.39, 0.29) is 0 Å². The van der Waals surface area contributed by atoms with Crippen LogP contribution in [0.1, 0.15) is 16.8 Å². The third-order valence-electron chi connectivity index (χ3n) is 5.54. The second-order valence-corrected chi connectivity index (χ2v) is 8.43. The highest BCUT2D eigenvalue weighted by molar-refractivity contribution is 6.31. The molecule has 1 aliphatic heterocycles. The molecule has 0 aliphatic carbocycles. The number of esters is 1. The first-order valence-electron chi connectivity index (χ1n) is 11.3. The number of nitrogens with zero attached hydrogens (tertiary/aromatic N) is 3. The van der Waals surface area contributed by atoms with Gasteiger partial charge >= 0.3 is 5.97 Å². The normalized spacial score (nSPS) is 13.7. The number of halogens is 1. The summed E-state index contributed by atoms with van der Waals surface area (Å²) < 4.78 is 12.1. The maximum Gasteiger partial charge on any atom is 0.331 e. The number of hydrogen-bond acceptors (Lipinski definition) is 6. The largest absolute Gasteiger partial charge is 0.452 e. The van der Waals surface area contributed by atoms with Gasteiger partial charge in [0, 0.05) is 36.1 Å². The monoisotopic (exact) mass is 494 g/mol. The summed E-state index contributed by atoms with van der Waals surface area (Å²) >= 11 is 6.47. The number of hydrogen-bond donors (Lipinski definition) is 1. The first-order chi connectivity index (χ1) is 17.0. The molecule has 1 amide bonds. The lowest BCUT2D eigenvalue weighted by molar-refractivity contribution is -0.142. The minimum absolute atomic E-state index is 0.394. The Hall–Kier alpha value is -3.62. The molecule has 1 N–H and O–H groups in total. The predicted octanol–water partition coefficient (Wildman–Crippen LogP) is 3.92. The van der Waals surface area contributed by atoms with Crippen molar-refractivity contribution in [3.8, 4) is 0 Å². The summed E-state index contributed by atoms with van der Waals surface area (Å²) in [5, 5.41) is 7.60. The number of benzene rings is 2. The highest BCUT2D eigenvalue weighted by Crippen LogP contribution is 2.22. The summed E-state index contributed by atoms with van der Waals surface area (Å²) in [6.45, 7) is 5.04. The maximum absolute atomic E-state index is 12.2. The molecular weight excluding hydrogens is 468 g/mol. The Labute approximate surface area is 209 Å². The van der Waals surface area contributed by atoms with Crippen molar-refractivity contribution in [1.29, 1.82) is 0 Å². The lowest BCUT2D eigenvalue weighted by atomic mass is 10.2. The van der Waals surface area contributed by atoms with Crippen molar-refractivity contribution >= 4 is 40.9 Å². The molecular formula is C26H27ClN4O4. The average Bonchev–Trinajstić information content (AvgIpc) is 3.14. The van der Waals surface area contributed by atoms with Crippen LogP contribution in [0.15, 0.2) is 60.7 Å². The Kier molecular flexibility index (Phi) is 8.18. The third-order valence-corrected chi connectivity index (χ3v) is 5.94. The van der Waals surface area contributed by atoms with Crippen LogP contribution in [0.5, 0.6) is 0 Å². The summed E-state index contributed by atoms with van der Waals surface area (Å²) in [6.07, 6.45) is 2.80. The molecule has 1 saturated heterocycles. The summed E-state index contributed by atoms with van der Waals surface area (Å²) in [5.41, 5.74) is 4.09. The number of carbonyl (C=O) groups is 2. The molecule has 182 valence electrons. The number of ether oxygens (including phenoxy) is 2. The minimum atomic E-state index is -0.644.